The van der Waals surface area contributed by atoms with E-state index in [1.54, 1.807) is 62.7 Å². The van der Waals surface area contributed by atoms with Crippen LogP contribution < -0.4 is 10.3 Å². The summed E-state index contributed by atoms with van der Waals surface area (Å²) in [5.74, 6) is 0.682. The second kappa shape index (κ2) is 8.34. The monoisotopic (exact) mass is 380 g/mol. The first-order chi connectivity index (χ1) is 13.5. The summed E-state index contributed by atoms with van der Waals surface area (Å²) < 4.78 is 11.3. The van der Waals surface area contributed by atoms with Gasteiger partial charge in [-0.2, -0.15) is 0 Å². The van der Waals surface area contributed by atoms with Gasteiger partial charge in [0.05, 0.1) is 43.3 Å². The zero-order chi connectivity index (χ0) is 20.1. The Morgan fingerprint density at radius 3 is 2.54 bits per heavy atom. The zero-order valence-electron chi connectivity index (χ0n) is 15.8. The van der Waals surface area contributed by atoms with Gasteiger partial charge in [0, 0.05) is 6.20 Å². The van der Waals surface area contributed by atoms with Crippen LogP contribution in [-0.4, -0.2) is 40.7 Å². The number of carbonyl (C=O) groups excluding carboxylic acids is 1. The molecule has 0 bridgehead atoms. The molecule has 28 heavy (non-hydrogen) atoms. The van der Waals surface area contributed by atoms with Crippen LogP contribution in [0.3, 0.4) is 0 Å². The highest BCUT2D eigenvalue weighted by Crippen LogP contribution is 2.16. The fourth-order valence-corrected chi connectivity index (χ4v) is 2.76. The zero-order valence-corrected chi connectivity index (χ0v) is 15.8. The van der Waals surface area contributed by atoms with Crippen molar-refractivity contribution in [2.45, 2.75) is 13.3 Å². The van der Waals surface area contributed by atoms with E-state index in [1.807, 2.05) is 0 Å². The number of esters is 1. The SMILES string of the molecule is COC(=O)Cc1[nH]n(-c2ccc(OC)cc2)c(=O)c1/C(C)=N/c1ccccn1. The maximum atomic E-state index is 13.1. The molecule has 0 saturated heterocycles. The molecule has 1 N–H and O–H groups in total. The number of rotatable bonds is 6. The maximum absolute atomic E-state index is 13.1. The summed E-state index contributed by atoms with van der Waals surface area (Å²) in [6.07, 6.45) is 1.54. The van der Waals surface area contributed by atoms with Gasteiger partial charge in [0.2, 0.25) is 0 Å². The van der Waals surface area contributed by atoms with Gasteiger partial charge < -0.3 is 9.47 Å². The number of aliphatic imine (C=N–C) groups is 1. The highest BCUT2D eigenvalue weighted by atomic mass is 16.5. The molecular formula is C20H20N4O4. The largest absolute Gasteiger partial charge is 0.497 e. The predicted octanol–water partition coefficient (Wildman–Crippen LogP) is 2.43. The molecule has 0 amide bonds. The third kappa shape index (κ3) is 4.01. The highest BCUT2D eigenvalue weighted by molar-refractivity contribution is 6.01. The first kappa shape index (κ1) is 19.1. The molecule has 144 valence electrons. The molecule has 0 saturated carbocycles. The number of methoxy groups -OCH3 is 2. The van der Waals surface area contributed by atoms with Crippen molar-refractivity contribution >= 4 is 17.5 Å². The quantitative estimate of drug-likeness (QED) is 0.523. The van der Waals surface area contributed by atoms with Crippen LogP contribution >= 0.6 is 0 Å². The van der Waals surface area contributed by atoms with Crippen molar-refractivity contribution in [3.63, 3.8) is 0 Å². The van der Waals surface area contributed by atoms with Crippen LogP contribution in [0.2, 0.25) is 0 Å². The van der Waals surface area contributed by atoms with E-state index < -0.39 is 5.97 Å². The summed E-state index contributed by atoms with van der Waals surface area (Å²) in [6.45, 7) is 1.71. The molecule has 0 fully saturated rings. The molecule has 3 aromatic rings. The van der Waals surface area contributed by atoms with Crippen molar-refractivity contribution in [3.05, 3.63) is 70.3 Å². The molecule has 3 rings (SSSR count). The van der Waals surface area contributed by atoms with Crippen molar-refractivity contribution in [1.29, 1.82) is 0 Å². The minimum absolute atomic E-state index is 0.0840. The molecule has 0 unspecified atom stereocenters. The highest BCUT2D eigenvalue weighted by Gasteiger charge is 2.20. The number of carbonyl (C=O) groups is 1. The van der Waals surface area contributed by atoms with E-state index >= 15 is 0 Å². The molecule has 1 aromatic carbocycles. The Morgan fingerprint density at radius 1 is 1.18 bits per heavy atom. The van der Waals surface area contributed by atoms with Gasteiger partial charge in [-0.25, -0.2) is 14.7 Å². The molecule has 0 aliphatic carbocycles. The summed E-state index contributed by atoms with van der Waals surface area (Å²) in [5, 5.41) is 3.00. The second-order valence-electron chi connectivity index (χ2n) is 5.94. The number of benzene rings is 1. The summed E-state index contributed by atoms with van der Waals surface area (Å²) in [4.78, 5) is 33.5. The number of hydrogen-bond acceptors (Lipinski definition) is 6. The van der Waals surface area contributed by atoms with Crippen molar-refractivity contribution in [3.8, 4) is 11.4 Å². The van der Waals surface area contributed by atoms with E-state index in [2.05, 4.69) is 15.1 Å². The molecule has 0 aliphatic rings. The number of aromatic nitrogens is 3. The number of H-pyrrole nitrogens is 1. The Bertz CT molecular complexity index is 1050. The van der Waals surface area contributed by atoms with Gasteiger partial charge in [-0.1, -0.05) is 6.07 Å². The molecule has 8 heteroatoms. The van der Waals surface area contributed by atoms with Gasteiger partial charge in [-0.05, 0) is 43.3 Å². The van der Waals surface area contributed by atoms with E-state index in [0.717, 1.165) is 0 Å². The Morgan fingerprint density at radius 2 is 1.93 bits per heavy atom. The Balaban J connectivity index is 2.11. The van der Waals surface area contributed by atoms with Crippen molar-refractivity contribution in [2.75, 3.05) is 14.2 Å². The number of aromatic amines is 1. The van der Waals surface area contributed by atoms with Gasteiger partial charge in [-0.15, -0.1) is 0 Å². The van der Waals surface area contributed by atoms with Gasteiger partial charge in [0.15, 0.2) is 5.82 Å². The number of pyridine rings is 1. The van der Waals surface area contributed by atoms with E-state index in [0.29, 0.717) is 34.2 Å². The lowest BCUT2D eigenvalue weighted by Gasteiger charge is -2.03. The van der Waals surface area contributed by atoms with Crippen LogP contribution in [0.25, 0.3) is 5.69 Å². The van der Waals surface area contributed by atoms with Crippen molar-refractivity contribution < 1.29 is 14.3 Å². The lowest BCUT2D eigenvalue weighted by Crippen LogP contribution is -2.20. The van der Waals surface area contributed by atoms with Crippen molar-refractivity contribution in [2.24, 2.45) is 4.99 Å². The van der Waals surface area contributed by atoms with E-state index in [-0.39, 0.29) is 12.0 Å². The van der Waals surface area contributed by atoms with Crippen molar-refractivity contribution in [1.82, 2.24) is 14.8 Å². The van der Waals surface area contributed by atoms with Crippen LogP contribution in [-0.2, 0) is 16.0 Å². The summed E-state index contributed by atoms with van der Waals surface area (Å²) in [6, 6.07) is 12.3. The average Bonchev–Trinajstić information content (AvgIpc) is 3.04. The first-order valence-electron chi connectivity index (χ1n) is 8.55. The Labute approximate surface area is 161 Å². The molecule has 2 aromatic heterocycles. The number of nitrogens with zero attached hydrogens (tertiary/aromatic N) is 3. The number of hydrogen-bond donors (Lipinski definition) is 1. The van der Waals surface area contributed by atoms with Crippen LogP contribution in [0.5, 0.6) is 5.75 Å². The normalized spacial score (nSPS) is 11.3. The van der Waals surface area contributed by atoms with Gasteiger partial charge in [0.1, 0.15) is 5.75 Å². The van der Waals surface area contributed by atoms with Gasteiger partial charge in [0.25, 0.3) is 5.56 Å². The lowest BCUT2D eigenvalue weighted by atomic mass is 10.1. The summed E-state index contributed by atoms with van der Waals surface area (Å²) >= 11 is 0. The number of nitrogens with one attached hydrogen (secondary N) is 1. The van der Waals surface area contributed by atoms with Gasteiger partial charge in [-0.3, -0.25) is 14.7 Å². The minimum Gasteiger partial charge on any atom is -0.497 e. The predicted molar refractivity (Wildman–Crippen MR) is 105 cm³/mol. The smallest absolute Gasteiger partial charge is 0.311 e. The Hall–Kier alpha value is -3.68. The fraction of sp³-hybridized carbons (Fsp3) is 0.200. The van der Waals surface area contributed by atoms with Gasteiger partial charge >= 0.3 is 5.97 Å². The topological polar surface area (TPSA) is 98.6 Å². The van der Waals surface area contributed by atoms with Crippen LogP contribution in [0.1, 0.15) is 18.2 Å². The number of ether oxygens (including phenoxy) is 2. The lowest BCUT2D eigenvalue weighted by molar-refractivity contribution is -0.139. The van der Waals surface area contributed by atoms with Crippen LogP contribution in [0, 0.1) is 0 Å². The van der Waals surface area contributed by atoms with E-state index in [4.69, 9.17) is 9.47 Å². The fourth-order valence-electron chi connectivity index (χ4n) is 2.76. The van der Waals surface area contributed by atoms with E-state index in [1.165, 1.54) is 11.8 Å². The third-order valence-corrected chi connectivity index (χ3v) is 4.14. The molecule has 0 radical (unpaired) electrons. The molecule has 2 heterocycles. The summed E-state index contributed by atoms with van der Waals surface area (Å²) in [5.41, 5.74) is 1.47. The molecule has 0 aliphatic heterocycles. The molecule has 0 spiro atoms. The minimum atomic E-state index is -0.463. The van der Waals surface area contributed by atoms with E-state index in [9.17, 15) is 9.59 Å². The average molecular weight is 380 g/mol. The molecular weight excluding hydrogens is 360 g/mol. The Kier molecular flexibility index (Phi) is 5.69. The van der Waals surface area contributed by atoms with Crippen LogP contribution in [0.15, 0.2) is 58.4 Å². The van der Waals surface area contributed by atoms with Crippen LogP contribution in [0.4, 0.5) is 5.82 Å². The standard InChI is InChI=1S/C20H20N4O4/c1-13(22-17-6-4-5-11-21-17)19-16(12-18(25)28-3)23-24(20(19)26)14-7-9-15(27-2)10-8-14/h4-11,23H,12H2,1-3H3/b22-13+. The second-order valence-corrected chi connectivity index (χ2v) is 5.94. The third-order valence-electron chi connectivity index (χ3n) is 4.14. The maximum Gasteiger partial charge on any atom is 0.311 e. The summed E-state index contributed by atoms with van der Waals surface area (Å²) in [7, 11) is 2.87. The first-order valence-corrected chi connectivity index (χ1v) is 8.55. The molecule has 0 atom stereocenters. The molecule has 8 nitrogen and oxygen atoms in total.